The predicted octanol–water partition coefficient (Wildman–Crippen LogP) is 5.05. The van der Waals surface area contributed by atoms with Gasteiger partial charge in [-0.1, -0.05) is 51.8 Å². The van der Waals surface area contributed by atoms with Crippen molar-refractivity contribution in [2.75, 3.05) is 7.05 Å². The second kappa shape index (κ2) is 12.8. The summed E-state index contributed by atoms with van der Waals surface area (Å²) in [4.78, 5) is 41.3. The molecule has 7 nitrogen and oxygen atoms in total. The fourth-order valence-electron chi connectivity index (χ4n) is 4.05. The van der Waals surface area contributed by atoms with Crippen molar-refractivity contribution in [3.63, 3.8) is 0 Å². The number of hydrogen-bond donors (Lipinski definition) is 2. The van der Waals surface area contributed by atoms with Crippen LogP contribution in [-0.2, 0) is 14.3 Å². The highest BCUT2D eigenvalue weighted by molar-refractivity contribution is 5.92. The summed E-state index contributed by atoms with van der Waals surface area (Å²) in [6.45, 7) is 17.1. The average molecular weight is 476 g/mol. The van der Waals surface area contributed by atoms with Gasteiger partial charge in [-0.25, -0.2) is 4.79 Å². The van der Waals surface area contributed by atoms with Crippen LogP contribution < -0.4 is 10.6 Å². The topological polar surface area (TPSA) is 87.7 Å². The van der Waals surface area contributed by atoms with Crippen molar-refractivity contribution in [1.29, 1.82) is 0 Å². The van der Waals surface area contributed by atoms with Gasteiger partial charge in [-0.05, 0) is 70.6 Å². The van der Waals surface area contributed by atoms with Gasteiger partial charge in [-0.3, -0.25) is 9.59 Å². The number of hydrogen-bond acceptors (Lipinski definition) is 4. The lowest BCUT2D eigenvalue weighted by Crippen LogP contribution is -2.54. The van der Waals surface area contributed by atoms with Gasteiger partial charge in [0.1, 0.15) is 17.7 Å². The van der Waals surface area contributed by atoms with Gasteiger partial charge in [0.2, 0.25) is 11.8 Å². The largest absolute Gasteiger partial charge is 0.444 e. The van der Waals surface area contributed by atoms with Gasteiger partial charge in [0, 0.05) is 13.1 Å². The highest BCUT2D eigenvalue weighted by atomic mass is 16.6. The normalized spacial score (nSPS) is 15.0. The first-order valence-electron chi connectivity index (χ1n) is 12.4. The molecule has 0 bridgehead atoms. The maximum absolute atomic E-state index is 13.8. The molecule has 2 N–H and O–H groups in total. The van der Waals surface area contributed by atoms with E-state index in [9.17, 15) is 14.4 Å². The molecule has 0 fully saturated rings. The molecule has 1 rings (SSSR count). The van der Waals surface area contributed by atoms with Gasteiger partial charge in [0.05, 0.1) is 0 Å². The lowest BCUT2D eigenvalue weighted by molar-refractivity contribution is -0.142. The molecule has 0 spiro atoms. The molecule has 0 aliphatic carbocycles. The zero-order valence-corrected chi connectivity index (χ0v) is 22.7. The van der Waals surface area contributed by atoms with E-state index in [0.717, 1.165) is 29.5 Å². The van der Waals surface area contributed by atoms with E-state index < -0.39 is 23.8 Å². The number of benzene rings is 1. The van der Waals surface area contributed by atoms with Crippen molar-refractivity contribution >= 4 is 17.9 Å². The Kier molecular flexibility index (Phi) is 11.1. The number of carbonyl (C=O) groups excluding carboxylic acids is 3. The Labute approximate surface area is 206 Å². The van der Waals surface area contributed by atoms with Crippen molar-refractivity contribution in [2.45, 2.75) is 105 Å². The van der Waals surface area contributed by atoms with Crippen LogP contribution in [0.2, 0.25) is 0 Å². The van der Waals surface area contributed by atoms with Crippen molar-refractivity contribution < 1.29 is 19.1 Å². The summed E-state index contributed by atoms with van der Waals surface area (Å²) < 4.78 is 5.40. The maximum Gasteiger partial charge on any atom is 0.408 e. The molecule has 4 atom stereocenters. The van der Waals surface area contributed by atoms with Gasteiger partial charge in [-0.15, -0.1) is 0 Å². The Hall–Kier alpha value is -2.57. The summed E-state index contributed by atoms with van der Waals surface area (Å²) in [5.74, 6) is -0.705. The Morgan fingerprint density at radius 1 is 1.03 bits per heavy atom. The number of nitrogens with one attached hydrogen (secondary N) is 2. The van der Waals surface area contributed by atoms with Crippen LogP contribution in [0, 0.1) is 19.8 Å². The predicted molar refractivity (Wildman–Crippen MR) is 137 cm³/mol. The number of carbonyl (C=O) groups is 3. The van der Waals surface area contributed by atoms with Gasteiger partial charge >= 0.3 is 6.09 Å². The summed E-state index contributed by atoms with van der Waals surface area (Å²) in [5, 5.41) is 5.84. The minimum atomic E-state index is -0.822. The molecule has 4 unspecified atom stereocenters. The molecule has 0 saturated heterocycles. The van der Waals surface area contributed by atoms with Crippen molar-refractivity contribution in [2.24, 2.45) is 5.92 Å². The van der Waals surface area contributed by atoms with Crippen molar-refractivity contribution in [3.05, 3.63) is 34.9 Å². The van der Waals surface area contributed by atoms with Crippen molar-refractivity contribution in [1.82, 2.24) is 15.5 Å². The van der Waals surface area contributed by atoms with Crippen molar-refractivity contribution in [3.8, 4) is 0 Å². The molecule has 1 aromatic rings. The van der Waals surface area contributed by atoms with E-state index >= 15 is 0 Å². The van der Waals surface area contributed by atoms with E-state index in [-0.39, 0.29) is 23.8 Å². The molecule has 0 aromatic heterocycles. The van der Waals surface area contributed by atoms with Crippen LogP contribution in [0.5, 0.6) is 0 Å². The standard InChI is InChI=1S/C27H45N3O4/c1-11-14-20(6)28-24(31)23(21-18(4)15-13-16-19(21)5)30(10)25(32)22(17(3)12-2)29-26(33)34-27(7,8)9/h13,15-17,20,22-23H,11-12,14H2,1-10H3,(H,28,31)(H,29,33). The first-order chi connectivity index (χ1) is 15.7. The number of amides is 3. The lowest BCUT2D eigenvalue weighted by atomic mass is 9.92. The maximum atomic E-state index is 13.8. The fourth-order valence-corrected chi connectivity index (χ4v) is 4.05. The Bertz CT molecular complexity index is 827. The number of likely N-dealkylation sites (N-methyl/N-ethyl adjacent to an activating group) is 1. The lowest BCUT2D eigenvalue weighted by Gasteiger charge is -2.35. The molecule has 192 valence electrons. The first kappa shape index (κ1) is 29.5. The summed E-state index contributed by atoms with van der Waals surface area (Å²) >= 11 is 0. The van der Waals surface area contributed by atoms with E-state index in [1.165, 1.54) is 4.90 Å². The number of aryl methyl sites for hydroxylation is 2. The van der Waals surface area contributed by atoms with Gasteiger partial charge < -0.3 is 20.3 Å². The SMILES string of the molecule is CCCC(C)NC(=O)C(c1c(C)cccc1C)N(C)C(=O)C(NC(=O)OC(C)(C)C)C(C)CC. The zero-order chi connectivity index (χ0) is 26.2. The summed E-state index contributed by atoms with van der Waals surface area (Å²) in [5.41, 5.74) is 1.99. The van der Waals surface area contributed by atoms with Crippen LogP contribution in [0.4, 0.5) is 4.79 Å². The molecule has 3 amide bonds. The van der Waals surface area contributed by atoms with Gasteiger partial charge in [0.15, 0.2) is 0 Å². The second-order valence-electron chi connectivity index (χ2n) is 10.4. The summed E-state index contributed by atoms with van der Waals surface area (Å²) in [6, 6.07) is 4.18. The van der Waals surface area contributed by atoms with Crippen LogP contribution in [-0.4, -0.2) is 47.5 Å². The Balaban J connectivity index is 3.39. The molecule has 0 aliphatic heterocycles. The van der Waals surface area contributed by atoms with Crippen LogP contribution in [0.1, 0.15) is 90.5 Å². The van der Waals surface area contributed by atoms with Crippen LogP contribution in [0.15, 0.2) is 18.2 Å². The van der Waals surface area contributed by atoms with Gasteiger partial charge in [0.25, 0.3) is 0 Å². The first-order valence-corrected chi connectivity index (χ1v) is 12.4. The second-order valence-corrected chi connectivity index (χ2v) is 10.4. The molecule has 1 aromatic carbocycles. The molecular weight excluding hydrogens is 430 g/mol. The minimum Gasteiger partial charge on any atom is -0.444 e. The van der Waals surface area contributed by atoms with E-state index in [4.69, 9.17) is 4.74 Å². The van der Waals surface area contributed by atoms with Crippen LogP contribution >= 0.6 is 0 Å². The van der Waals surface area contributed by atoms with Gasteiger partial charge in [-0.2, -0.15) is 0 Å². The highest BCUT2D eigenvalue weighted by Gasteiger charge is 2.37. The molecule has 34 heavy (non-hydrogen) atoms. The Morgan fingerprint density at radius 2 is 1.59 bits per heavy atom. The quantitative estimate of drug-likeness (QED) is 0.496. The van der Waals surface area contributed by atoms with Crippen LogP contribution in [0.3, 0.4) is 0 Å². The Morgan fingerprint density at radius 3 is 2.06 bits per heavy atom. The number of rotatable bonds is 10. The summed E-state index contributed by atoms with van der Waals surface area (Å²) in [6.07, 6.45) is 1.82. The summed E-state index contributed by atoms with van der Waals surface area (Å²) in [7, 11) is 1.63. The highest BCUT2D eigenvalue weighted by Crippen LogP contribution is 2.28. The van der Waals surface area contributed by atoms with Crippen LogP contribution in [0.25, 0.3) is 0 Å². The molecular formula is C27H45N3O4. The van der Waals surface area contributed by atoms with E-state index in [1.54, 1.807) is 27.8 Å². The zero-order valence-electron chi connectivity index (χ0n) is 22.7. The number of alkyl carbamates (subject to hydrolysis) is 1. The monoisotopic (exact) mass is 475 g/mol. The third-order valence-corrected chi connectivity index (χ3v) is 6.06. The molecule has 0 radical (unpaired) electrons. The smallest absolute Gasteiger partial charge is 0.408 e. The molecule has 0 saturated carbocycles. The number of nitrogens with zero attached hydrogens (tertiary/aromatic N) is 1. The average Bonchev–Trinajstić information content (AvgIpc) is 2.72. The third-order valence-electron chi connectivity index (χ3n) is 6.06. The van der Waals surface area contributed by atoms with E-state index in [2.05, 4.69) is 17.6 Å². The van der Waals surface area contributed by atoms with E-state index in [0.29, 0.717) is 6.42 Å². The third kappa shape index (κ3) is 8.33. The molecule has 0 aliphatic rings. The molecule has 7 heteroatoms. The fraction of sp³-hybridized carbons (Fsp3) is 0.667. The molecule has 0 heterocycles. The van der Waals surface area contributed by atoms with E-state index in [1.807, 2.05) is 52.8 Å². The minimum absolute atomic E-state index is 0.0157. The number of ether oxygens (including phenoxy) is 1.